The summed E-state index contributed by atoms with van der Waals surface area (Å²) in [7, 11) is 0. The molecule has 0 unspecified atom stereocenters. The molecule has 1 amide bonds. The molecule has 1 aliphatic heterocycles. The molecule has 1 fully saturated rings. The normalized spacial score (nSPS) is 15.3. The molecular weight excluding hydrogens is 354 g/mol. The number of carbonyl (C=O) groups is 1. The largest absolute Gasteiger partial charge is 0.356 e. The number of carbonyl (C=O) groups excluding carboxylic acids is 1. The predicted molar refractivity (Wildman–Crippen MR) is 95.4 cm³/mol. The molecule has 9 heteroatoms. The number of hydrogen-bond acceptors (Lipinski definition) is 5. The minimum absolute atomic E-state index is 0.183. The second kappa shape index (κ2) is 6.90. The van der Waals surface area contributed by atoms with Crippen LogP contribution in [-0.2, 0) is 4.79 Å². The van der Waals surface area contributed by atoms with Crippen LogP contribution in [0, 0.1) is 24.5 Å². The van der Waals surface area contributed by atoms with Crippen LogP contribution in [0.1, 0.15) is 18.5 Å². The van der Waals surface area contributed by atoms with Crippen LogP contribution in [0.4, 0.5) is 20.3 Å². The number of aryl methyl sites for hydroxylation is 1. The second-order valence-electron chi connectivity index (χ2n) is 6.61. The molecule has 1 aliphatic rings. The number of nitrogens with zero attached hydrogens (tertiary/aromatic N) is 5. The van der Waals surface area contributed by atoms with Crippen molar-refractivity contribution >= 4 is 23.2 Å². The van der Waals surface area contributed by atoms with Gasteiger partial charge in [-0.15, -0.1) is 0 Å². The fourth-order valence-corrected chi connectivity index (χ4v) is 3.33. The van der Waals surface area contributed by atoms with Gasteiger partial charge in [0.2, 0.25) is 5.91 Å². The van der Waals surface area contributed by atoms with Gasteiger partial charge in [0.05, 0.1) is 0 Å². The van der Waals surface area contributed by atoms with E-state index in [2.05, 4.69) is 25.3 Å². The molecule has 3 aromatic rings. The third kappa shape index (κ3) is 3.44. The van der Waals surface area contributed by atoms with E-state index in [4.69, 9.17) is 0 Å². The number of amides is 1. The Morgan fingerprint density at radius 3 is 2.70 bits per heavy atom. The van der Waals surface area contributed by atoms with Gasteiger partial charge in [-0.05, 0) is 31.9 Å². The summed E-state index contributed by atoms with van der Waals surface area (Å²) in [5.41, 5.74) is 1.11. The van der Waals surface area contributed by atoms with Crippen molar-refractivity contribution in [2.75, 3.05) is 23.3 Å². The number of nitrogens with one attached hydrogen (secondary N) is 1. The van der Waals surface area contributed by atoms with E-state index in [0.29, 0.717) is 31.7 Å². The summed E-state index contributed by atoms with van der Waals surface area (Å²) in [6, 6.07) is 5.29. The summed E-state index contributed by atoms with van der Waals surface area (Å²) in [6.45, 7) is 3.25. The van der Waals surface area contributed by atoms with Crippen molar-refractivity contribution in [2.24, 2.45) is 5.92 Å². The van der Waals surface area contributed by atoms with E-state index in [1.807, 2.05) is 13.0 Å². The molecule has 1 saturated heterocycles. The van der Waals surface area contributed by atoms with Crippen molar-refractivity contribution in [3.8, 4) is 0 Å². The molecule has 0 saturated carbocycles. The molecule has 4 rings (SSSR count). The standard InChI is InChI=1S/C18H18F2N6O/c1-11-8-16(26-18(23-11)21-10-22-26)25-6-4-12(5-7-25)17(27)24-13-2-3-14(19)15(20)9-13/h2-3,8-10,12H,4-7H2,1H3,(H,24,27). The van der Waals surface area contributed by atoms with Crippen LogP contribution in [0.2, 0.25) is 0 Å². The maximum Gasteiger partial charge on any atom is 0.254 e. The lowest BCUT2D eigenvalue weighted by Crippen LogP contribution is -2.39. The number of anilines is 2. The SMILES string of the molecule is Cc1cc(N2CCC(C(=O)Nc3ccc(F)c(F)c3)CC2)n2ncnc2n1. The first kappa shape index (κ1) is 17.3. The third-order valence-electron chi connectivity index (χ3n) is 4.74. The van der Waals surface area contributed by atoms with Gasteiger partial charge >= 0.3 is 0 Å². The first-order valence-electron chi connectivity index (χ1n) is 8.69. The van der Waals surface area contributed by atoms with Crippen molar-refractivity contribution in [1.82, 2.24) is 19.6 Å². The summed E-state index contributed by atoms with van der Waals surface area (Å²) >= 11 is 0. The Hall–Kier alpha value is -3.10. The summed E-state index contributed by atoms with van der Waals surface area (Å²) < 4.78 is 28.0. The molecule has 0 spiro atoms. The Bertz CT molecular complexity index is 997. The minimum atomic E-state index is -0.979. The Balaban J connectivity index is 1.43. The molecule has 0 radical (unpaired) electrons. The van der Waals surface area contributed by atoms with E-state index in [0.717, 1.165) is 23.6 Å². The first-order valence-corrected chi connectivity index (χ1v) is 8.69. The van der Waals surface area contributed by atoms with Crippen LogP contribution in [0.5, 0.6) is 0 Å². The van der Waals surface area contributed by atoms with Gasteiger partial charge in [0.15, 0.2) is 11.6 Å². The molecule has 3 heterocycles. The van der Waals surface area contributed by atoms with Crippen molar-refractivity contribution in [3.05, 3.63) is 47.9 Å². The highest BCUT2D eigenvalue weighted by molar-refractivity contribution is 5.92. The van der Waals surface area contributed by atoms with Crippen LogP contribution in [-0.4, -0.2) is 38.6 Å². The molecule has 140 valence electrons. The van der Waals surface area contributed by atoms with Gasteiger partial charge in [0, 0.05) is 42.5 Å². The number of rotatable bonds is 3. The van der Waals surface area contributed by atoms with E-state index < -0.39 is 11.6 Å². The van der Waals surface area contributed by atoms with Gasteiger partial charge in [-0.1, -0.05) is 0 Å². The Morgan fingerprint density at radius 2 is 1.96 bits per heavy atom. The molecule has 7 nitrogen and oxygen atoms in total. The highest BCUT2D eigenvalue weighted by Gasteiger charge is 2.26. The van der Waals surface area contributed by atoms with E-state index >= 15 is 0 Å². The molecular formula is C18H18F2N6O. The number of fused-ring (bicyclic) bond motifs is 1. The van der Waals surface area contributed by atoms with Crippen LogP contribution < -0.4 is 10.2 Å². The second-order valence-corrected chi connectivity index (χ2v) is 6.61. The summed E-state index contributed by atoms with van der Waals surface area (Å²) in [5.74, 6) is -0.848. The average Bonchev–Trinajstić information content (AvgIpc) is 3.12. The number of halogens is 2. The van der Waals surface area contributed by atoms with E-state index in [9.17, 15) is 13.6 Å². The maximum atomic E-state index is 13.3. The molecule has 0 aliphatic carbocycles. The maximum absolute atomic E-state index is 13.3. The number of piperidine rings is 1. The topological polar surface area (TPSA) is 75.4 Å². The van der Waals surface area contributed by atoms with Crippen molar-refractivity contribution < 1.29 is 13.6 Å². The molecule has 2 aromatic heterocycles. The lowest BCUT2D eigenvalue weighted by molar-refractivity contribution is -0.120. The summed E-state index contributed by atoms with van der Waals surface area (Å²) in [5, 5.41) is 6.88. The van der Waals surface area contributed by atoms with Crippen LogP contribution in [0.3, 0.4) is 0 Å². The van der Waals surface area contributed by atoms with E-state index in [-0.39, 0.29) is 17.5 Å². The fraction of sp³-hybridized carbons (Fsp3) is 0.333. The zero-order valence-electron chi connectivity index (χ0n) is 14.7. The van der Waals surface area contributed by atoms with Gasteiger partial charge in [0.1, 0.15) is 12.1 Å². The van der Waals surface area contributed by atoms with Crippen molar-refractivity contribution in [3.63, 3.8) is 0 Å². The summed E-state index contributed by atoms with van der Waals surface area (Å²) in [6.07, 6.45) is 2.76. The Morgan fingerprint density at radius 1 is 1.19 bits per heavy atom. The lowest BCUT2D eigenvalue weighted by atomic mass is 9.95. The van der Waals surface area contributed by atoms with Crippen molar-refractivity contribution in [2.45, 2.75) is 19.8 Å². The molecule has 0 bridgehead atoms. The van der Waals surface area contributed by atoms with Crippen LogP contribution in [0.25, 0.3) is 5.78 Å². The molecule has 1 aromatic carbocycles. The van der Waals surface area contributed by atoms with Crippen LogP contribution in [0.15, 0.2) is 30.6 Å². The Kier molecular flexibility index (Phi) is 4.43. The van der Waals surface area contributed by atoms with Crippen molar-refractivity contribution in [1.29, 1.82) is 0 Å². The van der Waals surface area contributed by atoms with Crippen LogP contribution >= 0.6 is 0 Å². The molecule has 0 atom stereocenters. The number of benzene rings is 1. The van der Waals surface area contributed by atoms with Gasteiger partial charge in [-0.3, -0.25) is 4.79 Å². The fourth-order valence-electron chi connectivity index (χ4n) is 3.33. The molecule has 27 heavy (non-hydrogen) atoms. The lowest BCUT2D eigenvalue weighted by Gasteiger charge is -2.32. The first-order chi connectivity index (χ1) is 13.0. The summed E-state index contributed by atoms with van der Waals surface area (Å²) in [4.78, 5) is 23.1. The minimum Gasteiger partial charge on any atom is -0.356 e. The molecule has 1 N–H and O–H groups in total. The predicted octanol–water partition coefficient (Wildman–Crippen LogP) is 2.57. The highest BCUT2D eigenvalue weighted by atomic mass is 19.2. The number of hydrogen-bond donors (Lipinski definition) is 1. The highest BCUT2D eigenvalue weighted by Crippen LogP contribution is 2.25. The zero-order valence-corrected chi connectivity index (χ0v) is 14.7. The van der Waals surface area contributed by atoms with E-state index in [1.54, 1.807) is 4.52 Å². The average molecular weight is 372 g/mol. The van der Waals surface area contributed by atoms with Gasteiger partial charge in [0.25, 0.3) is 5.78 Å². The van der Waals surface area contributed by atoms with Gasteiger partial charge in [-0.2, -0.15) is 14.6 Å². The number of aromatic nitrogens is 4. The smallest absolute Gasteiger partial charge is 0.254 e. The Labute approximate surface area is 154 Å². The quantitative estimate of drug-likeness (QED) is 0.765. The van der Waals surface area contributed by atoms with Gasteiger partial charge < -0.3 is 10.2 Å². The third-order valence-corrected chi connectivity index (χ3v) is 4.74. The van der Waals surface area contributed by atoms with Gasteiger partial charge in [-0.25, -0.2) is 13.8 Å². The van der Waals surface area contributed by atoms with E-state index in [1.165, 1.54) is 12.4 Å². The zero-order chi connectivity index (χ0) is 19.0. The monoisotopic (exact) mass is 372 g/mol.